The molecule has 2 rings (SSSR count). The summed E-state index contributed by atoms with van der Waals surface area (Å²) in [6, 6.07) is 0. The van der Waals surface area contributed by atoms with E-state index in [-0.39, 0.29) is 24.6 Å². The lowest BCUT2D eigenvalue weighted by Gasteiger charge is -2.17. The summed E-state index contributed by atoms with van der Waals surface area (Å²) in [7, 11) is 0. The van der Waals surface area contributed by atoms with E-state index in [0.29, 0.717) is 5.57 Å². The summed E-state index contributed by atoms with van der Waals surface area (Å²) in [6.07, 6.45) is 7.49. The van der Waals surface area contributed by atoms with Crippen LogP contribution in [0.3, 0.4) is 0 Å². The molecule has 0 saturated carbocycles. The van der Waals surface area contributed by atoms with Crippen LogP contribution in [0, 0.1) is 5.92 Å². The fourth-order valence-corrected chi connectivity index (χ4v) is 2.57. The van der Waals surface area contributed by atoms with Crippen LogP contribution in [-0.4, -0.2) is 23.8 Å². The molecule has 0 radical (unpaired) electrons. The van der Waals surface area contributed by atoms with Crippen LogP contribution >= 0.6 is 0 Å². The minimum absolute atomic E-state index is 0.0560. The maximum absolute atomic E-state index is 11.6. The summed E-state index contributed by atoms with van der Waals surface area (Å²) in [6.45, 7) is 5.99. The molecule has 0 aromatic heterocycles. The highest BCUT2D eigenvalue weighted by atomic mass is 16.5. The summed E-state index contributed by atoms with van der Waals surface area (Å²) in [5.41, 5.74) is 2.85. The Morgan fingerprint density at radius 3 is 3.00 bits per heavy atom. The number of fused-ring (bicyclic) bond motifs is 1. The molecule has 1 saturated heterocycles. The first kappa shape index (κ1) is 13.1. The van der Waals surface area contributed by atoms with Crippen molar-refractivity contribution in [3.05, 3.63) is 35.5 Å². The lowest BCUT2D eigenvalue weighted by atomic mass is 9.88. The van der Waals surface area contributed by atoms with Crippen LogP contribution in [0.4, 0.5) is 0 Å². The summed E-state index contributed by atoms with van der Waals surface area (Å²) < 4.78 is 5.35. The second-order valence-corrected chi connectivity index (χ2v) is 5.11. The van der Waals surface area contributed by atoms with Gasteiger partial charge in [-0.25, -0.2) is 4.79 Å². The van der Waals surface area contributed by atoms with Gasteiger partial charge in [-0.05, 0) is 44.3 Å². The fourth-order valence-electron chi connectivity index (χ4n) is 2.57. The van der Waals surface area contributed by atoms with Crippen molar-refractivity contribution < 1.29 is 14.6 Å². The van der Waals surface area contributed by atoms with Crippen LogP contribution in [0.5, 0.6) is 0 Å². The number of esters is 1. The smallest absolute Gasteiger partial charge is 0.334 e. The summed E-state index contributed by atoms with van der Waals surface area (Å²) in [5.74, 6) is -0.219. The molecule has 2 atom stereocenters. The van der Waals surface area contributed by atoms with E-state index in [1.54, 1.807) is 0 Å². The number of aliphatic hydroxyl groups excluding tert-OH is 1. The highest BCUT2D eigenvalue weighted by Crippen LogP contribution is 2.34. The Morgan fingerprint density at radius 2 is 2.28 bits per heavy atom. The van der Waals surface area contributed by atoms with Gasteiger partial charge in [0.05, 0.1) is 6.61 Å². The minimum Gasteiger partial charge on any atom is -0.454 e. The van der Waals surface area contributed by atoms with Crippen molar-refractivity contribution in [2.75, 3.05) is 6.61 Å². The van der Waals surface area contributed by atoms with Crippen LogP contribution in [-0.2, 0) is 9.53 Å². The van der Waals surface area contributed by atoms with Gasteiger partial charge in [0.1, 0.15) is 6.10 Å². The van der Waals surface area contributed by atoms with Gasteiger partial charge in [0.25, 0.3) is 0 Å². The molecule has 0 bridgehead atoms. The van der Waals surface area contributed by atoms with E-state index in [9.17, 15) is 9.90 Å². The molecule has 0 amide bonds. The van der Waals surface area contributed by atoms with Gasteiger partial charge in [0.2, 0.25) is 0 Å². The van der Waals surface area contributed by atoms with Crippen molar-refractivity contribution in [2.45, 2.75) is 38.7 Å². The lowest BCUT2D eigenvalue weighted by Crippen LogP contribution is -2.15. The SMILES string of the molecule is C=C1C(=O)O[C@@H]2C=C(C)CCC=C(CO)CC[C@@H]12. The van der Waals surface area contributed by atoms with Crippen molar-refractivity contribution in [2.24, 2.45) is 5.92 Å². The molecule has 1 aliphatic carbocycles. The van der Waals surface area contributed by atoms with E-state index in [1.807, 2.05) is 0 Å². The third-order valence-electron chi connectivity index (χ3n) is 3.75. The first-order valence-corrected chi connectivity index (χ1v) is 6.47. The largest absolute Gasteiger partial charge is 0.454 e. The molecule has 2 aliphatic rings. The average Bonchev–Trinajstić information content (AvgIpc) is 2.60. The molecule has 1 fully saturated rings. The molecule has 0 aromatic carbocycles. The molecule has 1 heterocycles. The number of allylic oxidation sites excluding steroid dienone is 2. The number of aliphatic hydroxyl groups is 1. The maximum atomic E-state index is 11.6. The Morgan fingerprint density at radius 1 is 1.50 bits per heavy atom. The van der Waals surface area contributed by atoms with Gasteiger partial charge in [-0.3, -0.25) is 0 Å². The van der Waals surface area contributed by atoms with Crippen LogP contribution in [0.25, 0.3) is 0 Å². The van der Waals surface area contributed by atoms with Crippen molar-refractivity contribution >= 4 is 5.97 Å². The van der Waals surface area contributed by atoms with Gasteiger partial charge < -0.3 is 9.84 Å². The molecular formula is C15H20O3. The van der Waals surface area contributed by atoms with Crippen LogP contribution in [0.2, 0.25) is 0 Å². The van der Waals surface area contributed by atoms with Crippen LogP contribution in [0.15, 0.2) is 35.5 Å². The van der Waals surface area contributed by atoms with E-state index < -0.39 is 0 Å². The van der Waals surface area contributed by atoms with E-state index >= 15 is 0 Å². The third kappa shape index (κ3) is 2.72. The zero-order chi connectivity index (χ0) is 13.1. The number of hydrogen-bond donors (Lipinski definition) is 1. The van der Waals surface area contributed by atoms with Crippen molar-refractivity contribution in [1.29, 1.82) is 0 Å². The Bertz CT molecular complexity index is 417. The average molecular weight is 248 g/mol. The maximum Gasteiger partial charge on any atom is 0.334 e. The highest BCUT2D eigenvalue weighted by Gasteiger charge is 2.37. The summed E-state index contributed by atoms with van der Waals surface area (Å²) in [5, 5.41) is 9.29. The quantitative estimate of drug-likeness (QED) is 0.440. The lowest BCUT2D eigenvalue weighted by molar-refractivity contribution is -0.137. The number of carbonyl (C=O) groups excluding carboxylic acids is 1. The van der Waals surface area contributed by atoms with E-state index in [4.69, 9.17) is 4.74 Å². The zero-order valence-corrected chi connectivity index (χ0v) is 10.8. The summed E-state index contributed by atoms with van der Waals surface area (Å²) >= 11 is 0. The monoisotopic (exact) mass is 248 g/mol. The first-order valence-electron chi connectivity index (χ1n) is 6.47. The van der Waals surface area contributed by atoms with Gasteiger partial charge in [0, 0.05) is 11.5 Å². The third-order valence-corrected chi connectivity index (χ3v) is 3.75. The Kier molecular flexibility index (Phi) is 4.02. The van der Waals surface area contributed by atoms with Gasteiger partial charge in [-0.1, -0.05) is 18.2 Å². The van der Waals surface area contributed by atoms with Crippen molar-refractivity contribution in [3.63, 3.8) is 0 Å². The Labute approximate surface area is 108 Å². The highest BCUT2D eigenvalue weighted by molar-refractivity contribution is 5.91. The first-order chi connectivity index (χ1) is 8.61. The number of rotatable bonds is 1. The molecule has 1 N–H and O–H groups in total. The number of carbonyl (C=O) groups is 1. The second kappa shape index (κ2) is 5.53. The van der Waals surface area contributed by atoms with E-state index in [1.165, 1.54) is 5.57 Å². The number of hydrogen-bond acceptors (Lipinski definition) is 3. The van der Waals surface area contributed by atoms with Crippen molar-refractivity contribution in [1.82, 2.24) is 0 Å². The second-order valence-electron chi connectivity index (χ2n) is 5.11. The van der Waals surface area contributed by atoms with E-state index in [2.05, 4.69) is 25.7 Å². The fraction of sp³-hybridized carbons (Fsp3) is 0.533. The van der Waals surface area contributed by atoms with E-state index in [0.717, 1.165) is 31.3 Å². The normalized spacial score (nSPS) is 29.2. The van der Waals surface area contributed by atoms with Gasteiger partial charge in [0.15, 0.2) is 0 Å². The number of ether oxygens (including phenoxy) is 1. The predicted molar refractivity (Wildman–Crippen MR) is 69.9 cm³/mol. The molecule has 0 aromatic rings. The topological polar surface area (TPSA) is 46.5 Å². The minimum atomic E-state index is -0.275. The van der Waals surface area contributed by atoms with Crippen molar-refractivity contribution in [3.8, 4) is 0 Å². The Balaban J connectivity index is 2.22. The van der Waals surface area contributed by atoms with Gasteiger partial charge in [-0.2, -0.15) is 0 Å². The molecule has 0 spiro atoms. The zero-order valence-electron chi connectivity index (χ0n) is 10.8. The Hall–Kier alpha value is -1.35. The molecule has 18 heavy (non-hydrogen) atoms. The molecule has 98 valence electrons. The molecule has 1 aliphatic heterocycles. The molecule has 3 nitrogen and oxygen atoms in total. The summed E-state index contributed by atoms with van der Waals surface area (Å²) in [4.78, 5) is 11.6. The van der Waals surface area contributed by atoms with Crippen LogP contribution < -0.4 is 0 Å². The van der Waals surface area contributed by atoms with Gasteiger partial charge in [-0.15, -0.1) is 0 Å². The molecule has 3 heteroatoms. The standard InChI is InChI=1S/C15H20O3/c1-10-4-3-5-12(9-16)6-7-13-11(2)15(17)18-14(13)8-10/h5,8,13-14,16H,2-4,6-7,9H2,1H3/t13-,14+/m0/s1. The predicted octanol–water partition coefficient (Wildman–Crippen LogP) is 2.52. The molecule has 0 unspecified atom stereocenters. The van der Waals surface area contributed by atoms with Gasteiger partial charge >= 0.3 is 5.97 Å². The molecular weight excluding hydrogens is 228 g/mol. The van der Waals surface area contributed by atoms with Crippen LogP contribution in [0.1, 0.15) is 32.6 Å².